The van der Waals surface area contributed by atoms with Crippen LogP contribution in [0.25, 0.3) is 0 Å². The van der Waals surface area contributed by atoms with E-state index >= 15 is 0 Å². The Hall–Kier alpha value is -3.23. The number of hydrogen-bond acceptors (Lipinski definition) is 7. The first kappa shape index (κ1) is 22.9. The fraction of sp³-hybridized carbons (Fsp3) is 0.400. The van der Waals surface area contributed by atoms with Gasteiger partial charge in [-0.3, -0.25) is 14.7 Å². The zero-order valence-electron chi connectivity index (χ0n) is 19.0. The number of aliphatic hydroxyl groups is 1. The van der Waals surface area contributed by atoms with Crippen LogP contribution in [-0.4, -0.2) is 51.3 Å². The number of aromatic nitrogens is 2. The summed E-state index contributed by atoms with van der Waals surface area (Å²) in [7, 11) is 0. The number of rotatable bonds is 7. The molecular weight excluding hydrogens is 420 g/mol. The molecule has 2 aromatic heterocycles. The number of pyridine rings is 1. The van der Waals surface area contributed by atoms with E-state index in [-0.39, 0.29) is 11.9 Å². The molecule has 3 aromatic rings. The molecule has 0 saturated carbocycles. The summed E-state index contributed by atoms with van der Waals surface area (Å²) >= 11 is 0. The minimum absolute atomic E-state index is 0.212. The van der Waals surface area contributed by atoms with E-state index < -0.39 is 6.10 Å². The number of hydrogen-bond donors (Lipinski definition) is 2. The van der Waals surface area contributed by atoms with Crippen LogP contribution in [-0.2, 0) is 13.2 Å². The van der Waals surface area contributed by atoms with Crippen molar-refractivity contribution < 1.29 is 19.2 Å². The summed E-state index contributed by atoms with van der Waals surface area (Å²) in [6.45, 7) is 6.21. The lowest BCUT2D eigenvalue weighted by Crippen LogP contribution is -2.48. The van der Waals surface area contributed by atoms with Crippen LogP contribution in [0.15, 0.2) is 53.2 Å². The molecule has 1 saturated heterocycles. The summed E-state index contributed by atoms with van der Waals surface area (Å²) in [5.41, 5.74) is 3.23. The van der Waals surface area contributed by atoms with Crippen molar-refractivity contribution in [3.05, 3.63) is 76.9 Å². The Kier molecular flexibility index (Phi) is 7.36. The van der Waals surface area contributed by atoms with Gasteiger partial charge in [0.15, 0.2) is 0 Å². The van der Waals surface area contributed by atoms with Gasteiger partial charge in [-0.1, -0.05) is 11.2 Å². The molecule has 174 valence electrons. The summed E-state index contributed by atoms with van der Waals surface area (Å²) in [5.74, 6) is 1.18. The highest BCUT2D eigenvalue weighted by Crippen LogP contribution is 2.19. The van der Waals surface area contributed by atoms with Gasteiger partial charge in [-0.2, -0.15) is 0 Å². The van der Waals surface area contributed by atoms with Crippen molar-refractivity contribution >= 4 is 5.91 Å². The lowest BCUT2D eigenvalue weighted by atomic mass is 10.1. The van der Waals surface area contributed by atoms with Crippen LogP contribution in [0.3, 0.4) is 0 Å². The molecule has 3 heterocycles. The summed E-state index contributed by atoms with van der Waals surface area (Å²) < 4.78 is 11.0. The van der Waals surface area contributed by atoms with E-state index in [2.05, 4.69) is 20.4 Å². The summed E-state index contributed by atoms with van der Waals surface area (Å²) in [6, 6.07) is 12.5. The Morgan fingerprint density at radius 2 is 2.06 bits per heavy atom. The van der Waals surface area contributed by atoms with E-state index in [9.17, 15) is 9.90 Å². The highest BCUT2D eigenvalue weighted by molar-refractivity contribution is 5.94. The maximum Gasteiger partial charge on any atom is 0.251 e. The largest absolute Gasteiger partial charge is 0.489 e. The lowest BCUT2D eigenvalue weighted by Gasteiger charge is -2.27. The Balaban J connectivity index is 1.34. The summed E-state index contributed by atoms with van der Waals surface area (Å²) in [4.78, 5) is 19.5. The van der Waals surface area contributed by atoms with Gasteiger partial charge in [-0.25, -0.2) is 0 Å². The second kappa shape index (κ2) is 10.6. The Labute approximate surface area is 193 Å². The zero-order valence-corrected chi connectivity index (χ0v) is 19.0. The molecule has 0 aliphatic carbocycles. The van der Waals surface area contributed by atoms with Gasteiger partial charge in [-0.05, 0) is 69.6 Å². The van der Waals surface area contributed by atoms with Crippen LogP contribution in [0, 0.1) is 13.8 Å². The second-order valence-electron chi connectivity index (χ2n) is 8.46. The van der Waals surface area contributed by atoms with Gasteiger partial charge in [0.2, 0.25) is 0 Å². The average molecular weight is 451 g/mol. The molecule has 2 atom stereocenters. The van der Waals surface area contributed by atoms with E-state index in [1.54, 1.807) is 30.5 Å². The maximum atomic E-state index is 12.9. The lowest BCUT2D eigenvalue weighted by molar-refractivity contribution is 0.0797. The van der Waals surface area contributed by atoms with Crippen molar-refractivity contribution in [1.29, 1.82) is 0 Å². The molecule has 4 rings (SSSR count). The third-order valence-electron chi connectivity index (χ3n) is 6.00. The third kappa shape index (κ3) is 5.97. The van der Waals surface area contributed by atoms with Crippen LogP contribution in [0.5, 0.6) is 5.75 Å². The van der Waals surface area contributed by atoms with Crippen LogP contribution in [0.2, 0.25) is 0 Å². The highest BCUT2D eigenvalue weighted by atomic mass is 16.5. The van der Waals surface area contributed by atoms with E-state index in [0.717, 1.165) is 35.7 Å². The van der Waals surface area contributed by atoms with E-state index in [1.807, 2.05) is 32.0 Å². The number of carbonyl (C=O) groups excluding carboxylic acids is 1. The molecular formula is C25H30N4O4. The van der Waals surface area contributed by atoms with Gasteiger partial charge in [-0.15, -0.1) is 0 Å². The number of nitrogens with zero attached hydrogens (tertiary/aromatic N) is 3. The molecule has 8 nitrogen and oxygen atoms in total. The van der Waals surface area contributed by atoms with Crippen molar-refractivity contribution in [2.45, 2.75) is 52.0 Å². The Morgan fingerprint density at radius 3 is 2.76 bits per heavy atom. The number of likely N-dealkylation sites (tertiary alicyclic amines) is 1. The smallest absolute Gasteiger partial charge is 0.251 e. The topological polar surface area (TPSA) is 101 Å². The SMILES string of the molecule is Cc1noc(C)c1COc1ccc(C(=O)NC2CN(Cc3ccccn3)CCCC2O)cc1. The molecule has 1 aliphatic heterocycles. The first-order valence-electron chi connectivity index (χ1n) is 11.3. The summed E-state index contributed by atoms with van der Waals surface area (Å²) in [6.07, 6.45) is 2.72. The van der Waals surface area contributed by atoms with Crippen molar-refractivity contribution in [3.8, 4) is 5.75 Å². The predicted molar refractivity (Wildman–Crippen MR) is 123 cm³/mol. The first-order chi connectivity index (χ1) is 16.0. The number of aryl methyl sites for hydroxylation is 2. The standard InChI is InChI=1S/C25H30N4O4/c1-17-22(18(2)33-28-17)16-32-21-10-8-19(9-11-21)25(31)27-23-15-29(13-5-7-24(23)30)14-20-6-3-4-12-26-20/h3-4,6,8-12,23-24,30H,5,7,13-16H2,1-2H3,(H,27,31). The van der Waals surface area contributed by atoms with E-state index in [4.69, 9.17) is 9.26 Å². The van der Waals surface area contributed by atoms with Gasteiger partial charge in [0.1, 0.15) is 18.1 Å². The fourth-order valence-corrected chi connectivity index (χ4v) is 4.04. The van der Waals surface area contributed by atoms with Crippen molar-refractivity contribution in [1.82, 2.24) is 20.4 Å². The zero-order chi connectivity index (χ0) is 23.2. The van der Waals surface area contributed by atoms with Crippen molar-refractivity contribution in [2.75, 3.05) is 13.1 Å². The number of aliphatic hydroxyl groups excluding tert-OH is 1. The number of amides is 1. The van der Waals surface area contributed by atoms with E-state index in [0.29, 0.717) is 37.4 Å². The van der Waals surface area contributed by atoms with Gasteiger partial charge in [0.05, 0.1) is 29.1 Å². The minimum Gasteiger partial charge on any atom is -0.489 e. The molecule has 33 heavy (non-hydrogen) atoms. The van der Waals surface area contributed by atoms with E-state index in [1.165, 1.54) is 0 Å². The molecule has 2 N–H and O–H groups in total. The molecule has 0 spiro atoms. The first-order valence-corrected chi connectivity index (χ1v) is 11.3. The Bertz CT molecular complexity index is 1030. The molecule has 8 heteroatoms. The number of carbonyl (C=O) groups is 1. The van der Waals surface area contributed by atoms with Gasteiger partial charge in [0, 0.05) is 24.8 Å². The van der Waals surface area contributed by atoms with Crippen molar-refractivity contribution in [3.63, 3.8) is 0 Å². The normalized spacial score (nSPS) is 19.1. The molecule has 1 aliphatic rings. The molecule has 1 amide bonds. The van der Waals surface area contributed by atoms with Gasteiger partial charge < -0.3 is 19.7 Å². The summed E-state index contributed by atoms with van der Waals surface area (Å²) in [5, 5.41) is 17.5. The predicted octanol–water partition coefficient (Wildman–Crippen LogP) is 3.02. The van der Waals surface area contributed by atoms with Crippen LogP contribution in [0.1, 0.15) is 45.9 Å². The fourth-order valence-electron chi connectivity index (χ4n) is 4.04. The van der Waals surface area contributed by atoms with Crippen LogP contribution < -0.4 is 10.1 Å². The van der Waals surface area contributed by atoms with Gasteiger partial charge in [0.25, 0.3) is 5.91 Å². The Morgan fingerprint density at radius 1 is 1.24 bits per heavy atom. The van der Waals surface area contributed by atoms with Crippen molar-refractivity contribution in [2.24, 2.45) is 0 Å². The second-order valence-corrected chi connectivity index (χ2v) is 8.46. The quantitative estimate of drug-likeness (QED) is 0.571. The molecule has 0 bridgehead atoms. The van der Waals surface area contributed by atoms with Gasteiger partial charge >= 0.3 is 0 Å². The third-order valence-corrected chi connectivity index (χ3v) is 6.00. The number of ether oxygens (including phenoxy) is 1. The molecule has 0 radical (unpaired) electrons. The number of nitrogens with one attached hydrogen (secondary N) is 1. The minimum atomic E-state index is -0.583. The highest BCUT2D eigenvalue weighted by Gasteiger charge is 2.27. The average Bonchev–Trinajstić information content (AvgIpc) is 3.04. The maximum absolute atomic E-state index is 12.9. The molecule has 1 aromatic carbocycles. The van der Waals surface area contributed by atoms with Crippen LogP contribution in [0.4, 0.5) is 0 Å². The molecule has 2 unspecified atom stereocenters. The monoisotopic (exact) mass is 450 g/mol. The van der Waals surface area contributed by atoms with Crippen LogP contribution >= 0.6 is 0 Å². The number of benzene rings is 1. The molecule has 1 fully saturated rings.